The Kier molecular flexibility index (Phi) is 4.39. The molecule has 0 heterocycles. The van der Waals surface area contributed by atoms with Crippen LogP contribution in [0.1, 0.15) is 13.3 Å². The quantitative estimate of drug-likeness (QED) is 0.862. The van der Waals surface area contributed by atoms with Crippen molar-refractivity contribution in [2.75, 3.05) is 5.32 Å². The van der Waals surface area contributed by atoms with E-state index in [2.05, 4.69) is 5.32 Å². The summed E-state index contributed by atoms with van der Waals surface area (Å²) < 4.78 is 0. The molecule has 1 aromatic rings. The van der Waals surface area contributed by atoms with E-state index in [1.54, 1.807) is 18.2 Å². The van der Waals surface area contributed by atoms with Gasteiger partial charge in [0.25, 0.3) is 0 Å². The third-order valence-electron chi connectivity index (χ3n) is 1.99. The molecule has 0 spiro atoms. The van der Waals surface area contributed by atoms with Gasteiger partial charge >= 0.3 is 0 Å². The van der Waals surface area contributed by atoms with Gasteiger partial charge in [-0.15, -0.1) is 0 Å². The van der Waals surface area contributed by atoms with E-state index < -0.39 is 6.04 Å². The van der Waals surface area contributed by atoms with Gasteiger partial charge in [0, 0.05) is 0 Å². The highest BCUT2D eigenvalue weighted by molar-refractivity contribution is 6.44. The summed E-state index contributed by atoms with van der Waals surface area (Å²) in [5.41, 5.74) is 6.05. The molecule has 1 amide bonds. The zero-order valence-electron chi connectivity index (χ0n) is 8.26. The minimum absolute atomic E-state index is 0.262. The lowest BCUT2D eigenvalue weighted by Gasteiger charge is -2.11. The molecule has 0 saturated heterocycles. The highest BCUT2D eigenvalue weighted by Gasteiger charge is 2.13. The molecular weight excluding hydrogens is 235 g/mol. The third-order valence-corrected chi connectivity index (χ3v) is 2.80. The van der Waals surface area contributed by atoms with E-state index in [4.69, 9.17) is 28.9 Å². The minimum Gasteiger partial charge on any atom is -0.323 e. The first-order chi connectivity index (χ1) is 7.06. The van der Waals surface area contributed by atoms with Crippen LogP contribution < -0.4 is 11.1 Å². The number of anilines is 1. The number of benzene rings is 1. The Morgan fingerprint density at radius 3 is 2.80 bits per heavy atom. The lowest BCUT2D eigenvalue weighted by atomic mass is 10.2. The number of amides is 1. The predicted octanol–water partition coefficient (Wildman–Crippen LogP) is 2.67. The summed E-state index contributed by atoms with van der Waals surface area (Å²) in [5, 5.41) is 3.35. The van der Waals surface area contributed by atoms with Crippen molar-refractivity contribution in [2.45, 2.75) is 19.4 Å². The van der Waals surface area contributed by atoms with Crippen molar-refractivity contribution in [3.05, 3.63) is 28.2 Å². The topological polar surface area (TPSA) is 55.1 Å². The largest absolute Gasteiger partial charge is 0.323 e. The normalized spacial score (nSPS) is 12.3. The average molecular weight is 247 g/mol. The highest BCUT2D eigenvalue weighted by Crippen LogP contribution is 2.29. The van der Waals surface area contributed by atoms with E-state index >= 15 is 0 Å². The average Bonchev–Trinajstić information content (AvgIpc) is 2.23. The fourth-order valence-corrected chi connectivity index (χ4v) is 1.36. The fraction of sp³-hybridized carbons (Fsp3) is 0.300. The smallest absolute Gasteiger partial charge is 0.241 e. The minimum atomic E-state index is -0.528. The molecule has 0 aliphatic rings. The summed E-state index contributed by atoms with van der Waals surface area (Å²) in [6.07, 6.45) is 0.573. The molecule has 1 atom stereocenters. The molecule has 0 saturated carbocycles. The van der Waals surface area contributed by atoms with Crippen LogP contribution in [-0.4, -0.2) is 11.9 Å². The van der Waals surface area contributed by atoms with E-state index in [9.17, 15) is 4.79 Å². The summed E-state index contributed by atoms with van der Waals surface area (Å²) in [7, 11) is 0. The fourth-order valence-electron chi connectivity index (χ4n) is 1.01. The van der Waals surface area contributed by atoms with Crippen LogP contribution in [0.4, 0.5) is 5.69 Å². The Morgan fingerprint density at radius 2 is 2.20 bits per heavy atom. The van der Waals surface area contributed by atoms with Gasteiger partial charge in [-0.05, 0) is 18.6 Å². The Hall–Kier alpha value is -0.770. The zero-order valence-corrected chi connectivity index (χ0v) is 9.77. The maximum Gasteiger partial charge on any atom is 0.241 e. The van der Waals surface area contributed by atoms with E-state index in [-0.39, 0.29) is 5.91 Å². The molecule has 82 valence electrons. The van der Waals surface area contributed by atoms with Crippen molar-refractivity contribution in [1.29, 1.82) is 0 Å². The standard InChI is InChI=1S/C10H12Cl2N2O/c1-2-7(13)10(15)14-8-5-3-4-6(11)9(8)12/h3-5,7H,2,13H2,1H3,(H,14,15)/t7-/m1/s1. The number of hydrogen-bond donors (Lipinski definition) is 2. The molecule has 1 rings (SSSR count). The van der Waals surface area contributed by atoms with Crippen LogP contribution in [0.5, 0.6) is 0 Å². The van der Waals surface area contributed by atoms with Crippen LogP contribution in [-0.2, 0) is 4.79 Å². The van der Waals surface area contributed by atoms with Crippen molar-refractivity contribution < 1.29 is 4.79 Å². The van der Waals surface area contributed by atoms with Gasteiger partial charge in [0.05, 0.1) is 21.8 Å². The van der Waals surface area contributed by atoms with E-state index in [1.165, 1.54) is 0 Å². The molecule has 3 N–H and O–H groups in total. The molecule has 0 aromatic heterocycles. The van der Waals surface area contributed by atoms with Crippen molar-refractivity contribution in [2.24, 2.45) is 5.73 Å². The number of nitrogens with two attached hydrogens (primary N) is 1. The van der Waals surface area contributed by atoms with Gasteiger partial charge in [-0.3, -0.25) is 4.79 Å². The molecule has 3 nitrogen and oxygen atoms in total. The molecule has 0 fully saturated rings. The first-order valence-electron chi connectivity index (χ1n) is 4.56. The first kappa shape index (κ1) is 12.3. The maximum atomic E-state index is 11.5. The Morgan fingerprint density at radius 1 is 1.53 bits per heavy atom. The number of nitrogens with one attached hydrogen (secondary N) is 1. The number of carbonyl (C=O) groups excluding carboxylic acids is 1. The lowest BCUT2D eigenvalue weighted by molar-refractivity contribution is -0.117. The molecule has 0 aliphatic heterocycles. The Labute approximate surface area is 98.5 Å². The number of rotatable bonds is 3. The Balaban J connectivity index is 2.81. The van der Waals surface area contributed by atoms with Crippen molar-refractivity contribution in [3.8, 4) is 0 Å². The molecule has 0 aliphatic carbocycles. The second kappa shape index (κ2) is 5.35. The summed E-state index contributed by atoms with van der Waals surface area (Å²) in [4.78, 5) is 11.5. The Bertz CT molecular complexity index is 368. The van der Waals surface area contributed by atoms with Crippen LogP contribution in [0.25, 0.3) is 0 Å². The molecule has 1 aromatic carbocycles. The van der Waals surface area contributed by atoms with Crippen molar-refractivity contribution in [1.82, 2.24) is 0 Å². The second-order valence-electron chi connectivity index (χ2n) is 3.11. The van der Waals surface area contributed by atoms with Crippen LogP contribution in [0.3, 0.4) is 0 Å². The summed E-state index contributed by atoms with van der Waals surface area (Å²) in [5.74, 6) is -0.262. The molecule has 5 heteroatoms. The van der Waals surface area contributed by atoms with Crippen LogP contribution in [0.2, 0.25) is 10.0 Å². The van der Waals surface area contributed by atoms with Gasteiger partial charge < -0.3 is 11.1 Å². The van der Waals surface area contributed by atoms with Gasteiger partial charge in [0.2, 0.25) is 5.91 Å². The van der Waals surface area contributed by atoms with E-state index in [0.29, 0.717) is 22.2 Å². The third kappa shape index (κ3) is 3.09. The SMILES string of the molecule is CC[C@@H](N)C(=O)Nc1cccc(Cl)c1Cl. The molecule has 15 heavy (non-hydrogen) atoms. The van der Waals surface area contributed by atoms with Crippen LogP contribution in [0.15, 0.2) is 18.2 Å². The van der Waals surface area contributed by atoms with Gasteiger partial charge in [0.15, 0.2) is 0 Å². The van der Waals surface area contributed by atoms with Crippen molar-refractivity contribution >= 4 is 34.8 Å². The van der Waals surface area contributed by atoms with E-state index in [1.807, 2.05) is 6.92 Å². The number of carbonyl (C=O) groups is 1. The molecule has 0 radical (unpaired) electrons. The molecular formula is C10H12Cl2N2O. The van der Waals surface area contributed by atoms with Gasteiger partial charge in [-0.2, -0.15) is 0 Å². The van der Waals surface area contributed by atoms with Crippen LogP contribution >= 0.6 is 23.2 Å². The van der Waals surface area contributed by atoms with Gasteiger partial charge in [-0.25, -0.2) is 0 Å². The number of hydrogen-bond acceptors (Lipinski definition) is 2. The zero-order chi connectivity index (χ0) is 11.4. The lowest BCUT2D eigenvalue weighted by Crippen LogP contribution is -2.34. The molecule has 0 unspecified atom stereocenters. The van der Waals surface area contributed by atoms with Gasteiger partial charge in [0.1, 0.15) is 0 Å². The number of halogens is 2. The van der Waals surface area contributed by atoms with Crippen molar-refractivity contribution in [3.63, 3.8) is 0 Å². The monoisotopic (exact) mass is 246 g/mol. The maximum absolute atomic E-state index is 11.5. The summed E-state index contributed by atoms with van der Waals surface area (Å²) in [6.45, 7) is 1.84. The van der Waals surface area contributed by atoms with E-state index in [0.717, 1.165) is 0 Å². The molecule has 0 bridgehead atoms. The highest BCUT2D eigenvalue weighted by atomic mass is 35.5. The summed E-state index contributed by atoms with van der Waals surface area (Å²) >= 11 is 11.7. The van der Waals surface area contributed by atoms with Gasteiger partial charge in [-0.1, -0.05) is 36.2 Å². The van der Waals surface area contributed by atoms with Crippen LogP contribution in [0, 0.1) is 0 Å². The second-order valence-corrected chi connectivity index (χ2v) is 3.89. The first-order valence-corrected chi connectivity index (χ1v) is 5.32. The predicted molar refractivity (Wildman–Crippen MR) is 63.4 cm³/mol. The summed E-state index contributed by atoms with van der Waals surface area (Å²) in [6, 6.07) is 4.51.